The standard InChI is InChI=1S/C19H13NO6S/c21-12-9-15(22)18-17(10-12)26-16-8-11(6-7-14(16)19(18)23)20-27(24,25)13-4-2-1-3-5-13/h1-10,20-22H. The Morgan fingerprint density at radius 1 is 0.889 bits per heavy atom. The van der Waals surface area contributed by atoms with E-state index in [4.69, 9.17) is 4.42 Å². The molecule has 136 valence electrons. The van der Waals surface area contributed by atoms with Gasteiger partial charge in [0.15, 0.2) is 0 Å². The summed E-state index contributed by atoms with van der Waals surface area (Å²) in [6, 6.07) is 14.3. The predicted octanol–water partition coefficient (Wildman–Crippen LogP) is 3.16. The Balaban J connectivity index is 1.85. The quantitative estimate of drug-likeness (QED) is 0.468. The molecule has 0 amide bonds. The van der Waals surface area contributed by atoms with Gasteiger partial charge in [-0.25, -0.2) is 8.42 Å². The fourth-order valence-corrected chi connectivity index (χ4v) is 3.89. The van der Waals surface area contributed by atoms with Gasteiger partial charge in [-0.15, -0.1) is 0 Å². The highest BCUT2D eigenvalue weighted by Gasteiger charge is 2.16. The maximum absolute atomic E-state index is 12.6. The first-order valence-electron chi connectivity index (χ1n) is 7.85. The highest BCUT2D eigenvalue weighted by molar-refractivity contribution is 7.92. The van der Waals surface area contributed by atoms with Gasteiger partial charge in [0.2, 0.25) is 5.43 Å². The average Bonchev–Trinajstić information content (AvgIpc) is 2.61. The van der Waals surface area contributed by atoms with Crippen molar-refractivity contribution in [2.75, 3.05) is 4.72 Å². The minimum atomic E-state index is -3.80. The molecule has 0 atom stereocenters. The summed E-state index contributed by atoms with van der Waals surface area (Å²) in [4.78, 5) is 12.7. The number of nitrogens with one attached hydrogen (secondary N) is 1. The van der Waals surface area contributed by atoms with Crippen LogP contribution in [0, 0.1) is 0 Å². The smallest absolute Gasteiger partial charge is 0.261 e. The molecule has 0 bridgehead atoms. The van der Waals surface area contributed by atoms with Crippen molar-refractivity contribution in [3.05, 3.63) is 70.9 Å². The molecule has 0 saturated heterocycles. The maximum Gasteiger partial charge on any atom is 0.261 e. The number of rotatable bonds is 3. The van der Waals surface area contributed by atoms with Crippen LogP contribution in [0.3, 0.4) is 0 Å². The van der Waals surface area contributed by atoms with E-state index in [1.165, 1.54) is 36.4 Å². The van der Waals surface area contributed by atoms with Crippen LogP contribution in [-0.4, -0.2) is 18.6 Å². The first-order valence-corrected chi connectivity index (χ1v) is 9.34. The van der Waals surface area contributed by atoms with E-state index in [1.807, 2.05) is 0 Å². The van der Waals surface area contributed by atoms with Crippen molar-refractivity contribution in [2.45, 2.75) is 4.90 Å². The van der Waals surface area contributed by atoms with E-state index in [0.29, 0.717) is 0 Å². The highest BCUT2D eigenvalue weighted by atomic mass is 32.2. The van der Waals surface area contributed by atoms with Crippen molar-refractivity contribution in [2.24, 2.45) is 0 Å². The van der Waals surface area contributed by atoms with E-state index in [2.05, 4.69) is 4.72 Å². The molecule has 4 rings (SSSR count). The largest absolute Gasteiger partial charge is 0.508 e. The van der Waals surface area contributed by atoms with E-state index in [-0.39, 0.29) is 38.3 Å². The van der Waals surface area contributed by atoms with Crippen LogP contribution in [0.15, 0.2) is 74.8 Å². The Kier molecular flexibility index (Phi) is 3.78. The van der Waals surface area contributed by atoms with Crippen LogP contribution >= 0.6 is 0 Å². The van der Waals surface area contributed by atoms with Crippen LogP contribution in [-0.2, 0) is 10.0 Å². The van der Waals surface area contributed by atoms with Crippen molar-refractivity contribution in [1.82, 2.24) is 0 Å². The summed E-state index contributed by atoms with van der Waals surface area (Å²) in [7, 11) is -3.80. The molecule has 4 aromatic rings. The normalized spacial score (nSPS) is 11.7. The van der Waals surface area contributed by atoms with Crippen LogP contribution in [0.4, 0.5) is 5.69 Å². The highest BCUT2D eigenvalue weighted by Crippen LogP contribution is 2.30. The average molecular weight is 383 g/mol. The number of phenols is 2. The first kappa shape index (κ1) is 16.9. The molecular weight excluding hydrogens is 370 g/mol. The third kappa shape index (κ3) is 2.96. The Morgan fingerprint density at radius 2 is 1.63 bits per heavy atom. The van der Waals surface area contributed by atoms with E-state index in [1.54, 1.807) is 18.2 Å². The van der Waals surface area contributed by atoms with Gasteiger partial charge in [-0.3, -0.25) is 9.52 Å². The number of fused-ring (bicyclic) bond motifs is 2. The lowest BCUT2D eigenvalue weighted by molar-refractivity contribution is 0.453. The Bertz CT molecular complexity index is 1340. The van der Waals surface area contributed by atoms with Gasteiger partial charge in [0.1, 0.15) is 28.1 Å². The second-order valence-electron chi connectivity index (χ2n) is 5.90. The fraction of sp³-hybridized carbons (Fsp3) is 0. The molecule has 0 fully saturated rings. The predicted molar refractivity (Wildman–Crippen MR) is 101 cm³/mol. The first-order chi connectivity index (χ1) is 12.8. The lowest BCUT2D eigenvalue weighted by Crippen LogP contribution is -2.13. The van der Waals surface area contributed by atoms with Crippen molar-refractivity contribution in [1.29, 1.82) is 0 Å². The topological polar surface area (TPSA) is 117 Å². The number of anilines is 1. The zero-order valence-electron chi connectivity index (χ0n) is 13.7. The number of phenolic OH excluding ortho intramolecular Hbond substituents is 2. The van der Waals surface area contributed by atoms with E-state index in [0.717, 1.165) is 6.07 Å². The van der Waals surface area contributed by atoms with Gasteiger partial charge in [-0.1, -0.05) is 18.2 Å². The van der Waals surface area contributed by atoms with Crippen molar-refractivity contribution >= 4 is 37.6 Å². The lowest BCUT2D eigenvalue weighted by Gasteiger charge is -2.09. The molecule has 8 heteroatoms. The Hall–Kier alpha value is -3.52. The van der Waals surface area contributed by atoms with Gasteiger partial charge in [-0.05, 0) is 24.3 Å². The minimum absolute atomic E-state index is 0.00642. The lowest BCUT2D eigenvalue weighted by atomic mass is 10.1. The molecule has 1 heterocycles. The van der Waals surface area contributed by atoms with Gasteiger partial charge in [0.25, 0.3) is 10.0 Å². The van der Waals surface area contributed by atoms with Crippen LogP contribution < -0.4 is 10.2 Å². The summed E-state index contributed by atoms with van der Waals surface area (Å²) in [5.41, 5.74) is -0.168. The number of hydrogen-bond acceptors (Lipinski definition) is 6. The molecule has 3 N–H and O–H groups in total. The summed E-state index contributed by atoms with van der Waals surface area (Å²) in [6.45, 7) is 0. The summed E-state index contributed by atoms with van der Waals surface area (Å²) in [5.74, 6) is -0.655. The summed E-state index contributed by atoms with van der Waals surface area (Å²) >= 11 is 0. The van der Waals surface area contributed by atoms with Gasteiger partial charge in [0, 0.05) is 18.2 Å². The Labute approximate surface area is 153 Å². The SMILES string of the molecule is O=c1c2ccc(NS(=O)(=O)c3ccccc3)cc2oc2cc(O)cc(O)c12. The second-order valence-corrected chi connectivity index (χ2v) is 7.58. The van der Waals surface area contributed by atoms with Crippen LogP contribution in [0.2, 0.25) is 0 Å². The molecule has 0 unspecified atom stereocenters. The van der Waals surface area contributed by atoms with Crippen LogP contribution in [0.25, 0.3) is 21.9 Å². The monoisotopic (exact) mass is 383 g/mol. The van der Waals surface area contributed by atoms with Gasteiger partial charge in [-0.2, -0.15) is 0 Å². The second kappa shape index (κ2) is 6.03. The molecule has 0 aliphatic rings. The van der Waals surface area contributed by atoms with Crippen molar-refractivity contribution in [3.8, 4) is 11.5 Å². The molecule has 3 aromatic carbocycles. The number of sulfonamides is 1. The third-order valence-corrected chi connectivity index (χ3v) is 5.44. The van der Waals surface area contributed by atoms with Crippen molar-refractivity contribution in [3.63, 3.8) is 0 Å². The fourth-order valence-electron chi connectivity index (χ4n) is 2.82. The molecule has 7 nitrogen and oxygen atoms in total. The zero-order chi connectivity index (χ0) is 19.2. The molecule has 0 aliphatic heterocycles. The summed E-state index contributed by atoms with van der Waals surface area (Å²) < 4.78 is 32.9. The molecule has 1 aromatic heterocycles. The number of aromatic hydroxyl groups is 2. The summed E-state index contributed by atoms with van der Waals surface area (Å²) in [6.07, 6.45) is 0. The van der Waals surface area contributed by atoms with Gasteiger partial charge >= 0.3 is 0 Å². The van der Waals surface area contributed by atoms with Crippen LogP contribution in [0.1, 0.15) is 0 Å². The maximum atomic E-state index is 12.6. The molecule has 0 spiro atoms. The zero-order valence-corrected chi connectivity index (χ0v) is 14.5. The van der Waals surface area contributed by atoms with Crippen LogP contribution in [0.5, 0.6) is 11.5 Å². The van der Waals surface area contributed by atoms with Crippen molar-refractivity contribution < 1.29 is 23.0 Å². The summed E-state index contributed by atoms with van der Waals surface area (Å²) in [5, 5.41) is 19.6. The number of hydrogen-bond donors (Lipinski definition) is 3. The molecule has 0 saturated carbocycles. The van der Waals surface area contributed by atoms with Gasteiger partial charge < -0.3 is 14.6 Å². The molecule has 0 aliphatic carbocycles. The molecule has 0 radical (unpaired) electrons. The molecular formula is C19H13NO6S. The third-order valence-electron chi connectivity index (χ3n) is 4.05. The number of benzene rings is 3. The van der Waals surface area contributed by atoms with E-state index in [9.17, 15) is 23.4 Å². The molecule has 27 heavy (non-hydrogen) atoms. The minimum Gasteiger partial charge on any atom is -0.508 e. The van der Waals surface area contributed by atoms with E-state index < -0.39 is 21.2 Å². The Morgan fingerprint density at radius 3 is 2.37 bits per heavy atom. The van der Waals surface area contributed by atoms with E-state index >= 15 is 0 Å². The van der Waals surface area contributed by atoms with Gasteiger partial charge in [0.05, 0.1) is 16.0 Å².